The van der Waals surface area contributed by atoms with E-state index >= 15 is 0 Å². The number of aryl methyl sites for hydroxylation is 2. The van der Waals surface area contributed by atoms with Crippen molar-refractivity contribution < 1.29 is 27.7 Å². The Balaban J connectivity index is 2.11. The van der Waals surface area contributed by atoms with Crippen LogP contribution in [-0.2, 0) is 26.2 Å². The maximum absolute atomic E-state index is 14.0. The van der Waals surface area contributed by atoms with Crippen LogP contribution >= 0.6 is 0 Å². The minimum absolute atomic E-state index is 0.0707. The SMILES string of the molecule is CCNC(=O)[C@H](CC)N(Cc1ccc(C)cc1)C(=O)CN(c1ccc(OC)cc1)S(=O)(=O)c1ccc(C)c([N+](=O)[O-])c1. The second-order valence-electron chi connectivity index (χ2n) is 9.74. The number of amides is 2. The molecule has 0 aliphatic rings. The highest BCUT2D eigenvalue weighted by molar-refractivity contribution is 7.92. The van der Waals surface area contributed by atoms with Crippen LogP contribution in [0.2, 0.25) is 0 Å². The molecular weight excluding hydrogens is 560 g/mol. The number of anilines is 1. The molecule has 0 aliphatic heterocycles. The lowest BCUT2D eigenvalue weighted by Crippen LogP contribution is -2.52. The first-order valence-electron chi connectivity index (χ1n) is 13.5. The van der Waals surface area contributed by atoms with Crippen LogP contribution in [0.4, 0.5) is 11.4 Å². The summed E-state index contributed by atoms with van der Waals surface area (Å²) in [6, 6.07) is 16.3. The number of hydrogen-bond donors (Lipinski definition) is 1. The average molecular weight is 597 g/mol. The summed E-state index contributed by atoms with van der Waals surface area (Å²) in [5.41, 5.74) is 1.87. The number of likely N-dealkylation sites (N-methyl/N-ethyl adjacent to an activating group) is 1. The maximum Gasteiger partial charge on any atom is 0.273 e. The number of ether oxygens (including phenoxy) is 1. The molecule has 12 heteroatoms. The van der Waals surface area contributed by atoms with Crippen molar-refractivity contribution in [3.63, 3.8) is 0 Å². The number of nitro groups is 1. The lowest BCUT2D eigenvalue weighted by Gasteiger charge is -2.33. The molecule has 1 N–H and O–H groups in total. The fraction of sp³-hybridized carbons (Fsp3) is 0.333. The fourth-order valence-corrected chi connectivity index (χ4v) is 5.89. The van der Waals surface area contributed by atoms with Crippen molar-refractivity contribution >= 4 is 33.2 Å². The summed E-state index contributed by atoms with van der Waals surface area (Å²) < 4.78 is 34.2. The van der Waals surface area contributed by atoms with Crippen molar-refractivity contribution in [1.82, 2.24) is 10.2 Å². The first kappa shape index (κ1) is 32.1. The van der Waals surface area contributed by atoms with Crippen LogP contribution in [0.25, 0.3) is 0 Å². The number of carbonyl (C=O) groups is 2. The first-order valence-corrected chi connectivity index (χ1v) is 14.9. The zero-order valence-corrected chi connectivity index (χ0v) is 25.2. The quantitative estimate of drug-likeness (QED) is 0.228. The number of nitrogens with one attached hydrogen (secondary N) is 1. The number of methoxy groups -OCH3 is 1. The van der Waals surface area contributed by atoms with Gasteiger partial charge in [-0.2, -0.15) is 0 Å². The van der Waals surface area contributed by atoms with E-state index in [-0.39, 0.29) is 28.7 Å². The zero-order valence-electron chi connectivity index (χ0n) is 24.4. The molecule has 0 spiro atoms. The minimum atomic E-state index is -4.48. The van der Waals surface area contributed by atoms with Crippen LogP contribution < -0.4 is 14.4 Å². The second-order valence-corrected chi connectivity index (χ2v) is 11.6. The van der Waals surface area contributed by atoms with Crippen LogP contribution in [0, 0.1) is 24.0 Å². The summed E-state index contributed by atoms with van der Waals surface area (Å²) in [6.07, 6.45) is 0.295. The summed E-state index contributed by atoms with van der Waals surface area (Å²) in [4.78, 5) is 39.0. The monoisotopic (exact) mass is 596 g/mol. The largest absolute Gasteiger partial charge is 0.497 e. The molecule has 1 atom stereocenters. The van der Waals surface area contributed by atoms with E-state index in [4.69, 9.17) is 4.74 Å². The minimum Gasteiger partial charge on any atom is -0.497 e. The third-order valence-corrected chi connectivity index (χ3v) is 8.58. The molecule has 3 rings (SSSR count). The Morgan fingerprint density at radius 2 is 1.64 bits per heavy atom. The molecule has 0 aliphatic carbocycles. The zero-order chi connectivity index (χ0) is 31.0. The van der Waals surface area contributed by atoms with Gasteiger partial charge in [0.25, 0.3) is 15.7 Å². The van der Waals surface area contributed by atoms with Crippen LogP contribution in [0.5, 0.6) is 5.75 Å². The molecule has 0 fully saturated rings. The van der Waals surface area contributed by atoms with E-state index in [9.17, 15) is 28.1 Å². The van der Waals surface area contributed by atoms with Gasteiger partial charge >= 0.3 is 0 Å². The molecule has 3 aromatic rings. The summed E-state index contributed by atoms with van der Waals surface area (Å²) in [5.74, 6) is -0.500. The van der Waals surface area contributed by atoms with Gasteiger partial charge in [0.15, 0.2) is 0 Å². The lowest BCUT2D eigenvalue weighted by atomic mass is 10.1. The normalized spacial score (nSPS) is 11.8. The average Bonchev–Trinajstić information content (AvgIpc) is 2.96. The summed E-state index contributed by atoms with van der Waals surface area (Å²) >= 11 is 0. The number of rotatable bonds is 13. The van der Waals surface area contributed by atoms with Crippen LogP contribution in [0.1, 0.15) is 37.0 Å². The number of sulfonamides is 1. The molecule has 0 radical (unpaired) electrons. The van der Waals surface area contributed by atoms with Crippen molar-refractivity contribution in [1.29, 1.82) is 0 Å². The number of nitro benzene ring substituents is 1. The van der Waals surface area contributed by atoms with E-state index in [0.29, 0.717) is 24.3 Å². The van der Waals surface area contributed by atoms with Gasteiger partial charge in [-0.05, 0) is 63.1 Å². The standard InChI is InChI=1S/C30H36N4O7S/c1-6-27(30(36)31-7-2)32(19-23-11-8-21(3)9-12-23)29(35)20-33(24-13-15-25(41-5)16-14-24)42(39,40)26-17-10-22(4)28(18-26)34(37)38/h8-18,27H,6-7,19-20H2,1-5H3,(H,31,36)/t27-/m0/s1. The van der Waals surface area contributed by atoms with E-state index in [0.717, 1.165) is 21.5 Å². The highest BCUT2D eigenvalue weighted by Crippen LogP contribution is 2.29. The first-order chi connectivity index (χ1) is 19.9. The van der Waals surface area contributed by atoms with Gasteiger partial charge in [0, 0.05) is 24.7 Å². The van der Waals surface area contributed by atoms with Crippen LogP contribution in [0.15, 0.2) is 71.6 Å². The molecular formula is C30H36N4O7S. The van der Waals surface area contributed by atoms with Crippen molar-refractivity contribution in [2.24, 2.45) is 0 Å². The number of carbonyl (C=O) groups excluding carboxylic acids is 2. The predicted octanol–water partition coefficient (Wildman–Crippen LogP) is 4.36. The second kappa shape index (κ2) is 13.9. The molecule has 42 heavy (non-hydrogen) atoms. The molecule has 0 heterocycles. The third kappa shape index (κ3) is 7.43. The van der Waals surface area contributed by atoms with Crippen molar-refractivity contribution in [2.75, 3.05) is 24.5 Å². The predicted molar refractivity (Wildman–Crippen MR) is 160 cm³/mol. The highest BCUT2D eigenvalue weighted by Gasteiger charge is 2.34. The van der Waals surface area contributed by atoms with Crippen LogP contribution in [-0.4, -0.2) is 56.3 Å². The number of nitrogens with zero attached hydrogens (tertiary/aromatic N) is 3. The van der Waals surface area contributed by atoms with Gasteiger partial charge in [0.1, 0.15) is 18.3 Å². The van der Waals surface area contributed by atoms with Gasteiger partial charge in [-0.15, -0.1) is 0 Å². The van der Waals surface area contributed by atoms with Crippen molar-refractivity contribution in [2.45, 2.75) is 51.6 Å². The molecule has 0 bridgehead atoms. The fourth-order valence-electron chi connectivity index (χ4n) is 4.45. The molecule has 0 unspecified atom stereocenters. The summed E-state index contributed by atoms with van der Waals surface area (Å²) in [7, 11) is -3.01. The molecule has 0 saturated carbocycles. The number of hydrogen-bond acceptors (Lipinski definition) is 7. The van der Waals surface area contributed by atoms with E-state index < -0.39 is 33.4 Å². The van der Waals surface area contributed by atoms with E-state index in [1.807, 2.05) is 31.2 Å². The third-order valence-electron chi connectivity index (χ3n) is 6.82. The van der Waals surface area contributed by atoms with Gasteiger partial charge in [-0.25, -0.2) is 8.42 Å². The van der Waals surface area contributed by atoms with Crippen molar-refractivity contribution in [3.8, 4) is 5.75 Å². The van der Waals surface area contributed by atoms with E-state index in [1.165, 1.54) is 43.2 Å². The van der Waals surface area contributed by atoms with Gasteiger partial charge in [-0.1, -0.05) is 42.8 Å². The van der Waals surface area contributed by atoms with E-state index in [1.54, 1.807) is 26.0 Å². The molecule has 3 aromatic carbocycles. The molecule has 11 nitrogen and oxygen atoms in total. The van der Waals surface area contributed by atoms with Gasteiger partial charge in [-0.3, -0.25) is 24.0 Å². The van der Waals surface area contributed by atoms with Gasteiger partial charge < -0.3 is 15.0 Å². The van der Waals surface area contributed by atoms with Crippen molar-refractivity contribution in [3.05, 3.63) is 93.5 Å². The Morgan fingerprint density at radius 1 is 1.00 bits per heavy atom. The molecule has 2 amide bonds. The highest BCUT2D eigenvalue weighted by atomic mass is 32.2. The number of benzene rings is 3. The Hall–Kier alpha value is -4.45. The molecule has 0 saturated heterocycles. The van der Waals surface area contributed by atoms with Gasteiger partial charge in [0.2, 0.25) is 11.8 Å². The Labute approximate surface area is 246 Å². The Morgan fingerprint density at radius 3 is 2.19 bits per heavy atom. The van der Waals surface area contributed by atoms with Gasteiger partial charge in [0.05, 0.1) is 22.6 Å². The summed E-state index contributed by atoms with van der Waals surface area (Å²) in [5, 5.41) is 14.3. The lowest BCUT2D eigenvalue weighted by molar-refractivity contribution is -0.385. The topological polar surface area (TPSA) is 139 Å². The molecule has 224 valence electrons. The van der Waals surface area contributed by atoms with E-state index in [2.05, 4.69) is 5.32 Å². The Bertz CT molecular complexity index is 1520. The van der Waals surface area contributed by atoms with Crippen LogP contribution in [0.3, 0.4) is 0 Å². The smallest absolute Gasteiger partial charge is 0.273 e. The molecule has 0 aromatic heterocycles. The Kier molecular flexibility index (Phi) is 10.6. The maximum atomic E-state index is 14.0. The summed E-state index contributed by atoms with van der Waals surface area (Å²) in [6.45, 7) is 6.77.